The molecule has 1 aliphatic heterocycles. The van der Waals surface area contributed by atoms with E-state index in [1.807, 2.05) is 0 Å². The van der Waals surface area contributed by atoms with Gasteiger partial charge in [-0.15, -0.1) is 0 Å². The largest absolute Gasteiger partial charge is 0.438 e. The van der Waals surface area contributed by atoms with E-state index < -0.39 is 18.0 Å². The molecule has 0 bridgehead atoms. The number of hydrogen-bond acceptors (Lipinski definition) is 6. The van der Waals surface area contributed by atoms with Crippen molar-refractivity contribution < 1.29 is 24.1 Å². The maximum atomic E-state index is 12.5. The summed E-state index contributed by atoms with van der Waals surface area (Å²) < 4.78 is 17.5. The van der Waals surface area contributed by atoms with Gasteiger partial charge in [0.1, 0.15) is 5.60 Å². The lowest BCUT2D eigenvalue weighted by Crippen LogP contribution is -2.36. The lowest BCUT2D eigenvalue weighted by Gasteiger charge is -2.33. The molecule has 2 aromatic rings. The van der Waals surface area contributed by atoms with Crippen LogP contribution < -0.4 is 0 Å². The topological polar surface area (TPSA) is 82.8 Å². The van der Waals surface area contributed by atoms with Gasteiger partial charge in [0.2, 0.25) is 0 Å². The van der Waals surface area contributed by atoms with E-state index in [9.17, 15) is 9.90 Å². The molecule has 0 aromatic carbocycles. The average Bonchev–Trinajstić information content (AvgIpc) is 2.85. The number of pyridine rings is 1. The molecule has 0 atom stereocenters. The molecular weight excluding hydrogens is 288 g/mol. The van der Waals surface area contributed by atoms with E-state index in [0.717, 1.165) is 5.39 Å². The predicted molar refractivity (Wildman–Crippen MR) is 77.3 cm³/mol. The van der Waals surface area contributed by atoms with Gasteiger partial charge in [-0.3, -0.25) is 4.98 Å². The number of ether oxygens (including phenoxy) is 3. The van der Waals surface area contributed by atoms with E-state index in [2.05, 4.69) is 4.98 Å². The van der Waals surface area contributed by atoms with Crippen molar-refractivity contribution in [2.45, 2.75) is 32.3 Å². The molecule has 0 fully saturated rings. The van der Waals surface area contributed by atoms with Crippen molar-refractivity contribution in [1.29, 1.82) is 0 Å². The van der Waals surface area contributed by atoms with Gasteiger partial charge in [-0.05, 0) is 19.9 Å². The maximum absolute atomic E-state index is 12.5. The van der Waals surface area contributed by atoms with Crippen LogP contribution in [0.3, 0.4) is 0 Å². The quantitative estimate of drug-likeness (QED) is 0.871. The van der Waals surface area contributed by atoms with E-state index in [4.69, 9.17) is 14.2 Å². The Balaban J connectivity index is 2.41. The first-order chi connectivity index (χ1) is 10.4. The second kappa shape index (κ2) is 5.05. The molecule has 22 heavy (non-hydrogen) atoms. The molecule has 0 saturated carbocycles. The number of methoxy groups -OCH3 is 2. The highest BCUT2D eigenvalue weighted by Gasteiger charge is 2.39. The van der Waals surface area contributed by atoms with Crippen molar-refractivity contribution in [3.8, 4) is 0 Å². The molecule has 118 valence electrons. The maximum Gasteiger partial charge on any atom is 0.419 e. The van der Waals surface area contributed by atoms with Gasteiger partial charge in [0.15, 0.2) is 6.29 Å². The molecule has 7 heteroatoms. The molecule has 0 saturated heterocycles. The first-order valence-corrected chi connectivity index (χ1v) is 6.88. The second-order valence-corrected chi connectivity index (χ2v) is 5.63. The third-order valence-electron chi connectivity index (χ3n) is 3.89. The zero-order valence-electron chi connectivity index (χ0n) is 12.9. The van der Waals surface area contributed by atoms with Crippen LogP contribution >= 0.6 is 0 Å². The normalized spacial score (nSPS) is 16.4. The molecule has 0 aliphatic carbocycles. The van der Waals surface area contributed by atoms with Crippen LogP contribution in [-0.2, 0) is 26.4 Å². The van der Waals surface area contributed by atoms with Gasteiger partial charge < -0.3 is 19.3 Å². The molecule has 2 aromatic heterocycles. The number of cyclic esters (lactones) is 1. The Bertz CT molecular complexity index is 746. The van der Waals surface area contributed by atoms with Gasteiger partial charge in [-0.2, -0.15) is 0 Å². The lowest BCUT2D eigenvalue weighted by molar-refractivity contribution is -0.110. The monoisotopic (exact) mass is 306 g/mol. The van der Waals surface area contributed by atoms with Gasteiger partial charge in [0, 0.05) is 31.4 Å². The van der Waals surface area contributed by atoms with Crippen LogP contribution in [0.15, 0.2) is 12.3 Å². The fourth-order valence-electron chi connectivity index (χ4n) is 3.03. The highest BCUT2D eigenvalue weighted by Crippen LogP contribution is 2.40. The molecule has 0 radical (unpaired) electrons. The minimum atomic E-state index is -0.872. The lowest BCUT2D eigenvalue weighted by atomic mass is 9.93. The molecule has 0 spiro atoms. The molecule has 1 aliphatic rings. The number of rotatable bonds is 4. The number of aliphatic hydroxyl groups excluding tert-OH is 1. The molecule has 1 N–H and O–H groups in total. The zero-order valence-corrected chi connectivity index (χ0v) is 12.9. The van der Waals surface area contributed by atoms with Gasteiger partial charge in [0.05, 0.1) is 23.5 Å². The van der Waals surface area contributed by atoms with Crippen molar-refractivity contribution in [2.75, 3.05) is 14.2 Å². The molecule has 3 rings (SSSR count). The number of carbonyl (C=O) groups is 1. The van der Waals surface area contributed by atoms with Crippen molar-refractivity contribution in [3.63, 3.8) is 0 Å². The third kappa shape index (κ3) is 1.93. The van der Waals surface area contributed by atoms with E-state index in [0.29, 0.717) is 22.5 Å². The third-order valence-corrected chi connectivity index (χ3v) is 3.89. The van der Waals surface area contributed by atoms with Crippen molar-refractivity contribution in [1.82, 2.24) is 9.55 Å². The summed E-state index contributed by atoms with van der Waals surface area (Å²) in [7, 11) is 2.99. The number of carbonyl (C=O) groups excluding carboxylic acids is 1. The van der Waals surface area contributed by atoms with Crippen LogP contribution in [-0.4, -0.2) is 35.0 Å². The summed E-state index contributed by atoms with van der Waals surface area (Å²) in [5, 5.41) is 10.3. The van der Waals surface area contributed by atoms with Crippen molar-refractivity contribution in [3.05, 3.63) is 29.2 Å². The van der Waals surface area contributed by atoms with E-state index >= 15 is 0 Å². The molecule has 0 unspecified atom stereocenters. The zero-order chi connectivity index (χ0) is 16.1. The Kier molecular flexibility index (Phi) is 3.43. The van der Waals surface area contributed by atoms with Crippen LogP contribution in [0.5, 0.6) is 0 Å². The first-order valence-electron chi connectivity index (χ1n) is 6.88. The summed E-state index contributed by atoms with van der Waals surface area (Å²) in [6, 6.07) is 1.79. The summed E-state index contributed by atoms with van der Waals surface area (Å²) in [5.41, 5.74) is 1.52. The summed E-state index contributed by atoms with van der Waals surface area (Å²) in [4.78, 5) is 16.7. The highest BCUT2D eigenvalue weighted by molar-refractivity contribution is 5.95. The predicted octanol–water partition coefficient (Wildman–Crippen LogP) is 2.05. The second-order valence-electron chi connectivity index (χ2n) is 5.63. The summed E-state index contributed by atoms with van der Waals surface area (Å²) in [6.07, 6.45) is 0.421. The number of aliphatic hydroxyl groups is 1. The molecule has 0 amide bonds. The SMILES string of the molecule is COC(OC)c1cc2cnc(CO)c3c2n1C(=O)OC3(C)C. The number of aromatic nitrogens is 2. The number of hydrogen-bond donors (Lipinski definition) is 1. The first kappa shape index (κ1) is 15.0. The van der Waals surface area contributed by atoms with Crippen LogP contribution in [0.4, 0.5) is 4.79 Å². The van der Waals surface area contributed by atoms with E-state index in [1.165, 1.54) is 18.8 Å². The minimum Gasteiger partial charge on any atom is -0.438 e. The van der Waals surface area contributed by atoms with Crippen molar-refractivity contribution >= 4 is 17.0 Å². The van der Waals surface area contributed by atoms with E-state index in [-0.39, 0.29) is 6.61 Å². The highest BCUT2D eigenvalue weighted by atomic mass is 16.7. The molecular formula is C15H18N2O5. The average molecular weight is 306 g/mol. The Morgan fingerprint density at radius 2 is 2.09 bits per heavy atom. The van der Waals surface area contributed by atoms with Gasteiger partial charge >= 0.3 is 6.09 Å². The Morgan fingerprint density at radius 1 is 1.41 bits per heavy atom. The van der Waals surface area contributed by atoms with Crippen LogP contribution in [0.2, 0.25) is 0 Å². The van der Waals surface area contributed by atoms with Gasteiger partial charge in [0.25, 0.3) is 0 Å². The van der Waals surface area contributed by atoms with Crippen LogP contribution in [0.25, 0.3) is 10.9 Å². The standard InChI is InChI=1S/C15H18N2O5/c1-15(2)11-9(7-18)16-6-8-5-10(13(20-3)21-4)17(12(8)11)14(19)22-15/h5-6,13,18H,7H2,1-4H3. The van der Waals surface area contributed by atoms with Crippen LogP contribution in [0.1, 0.15) is 37.1 Å². The minimum absolute atomic E-state index is 0.231. The summed E-state index contributed by atoms with van der Waals surface area (Å²) >= 11 is 0. The number of nitrogens with zero attached hydrogens (tertiary/aromatic N) is 2. The fraction of sp³-hybridized carbons (Fsp3) is 0.467. The van der Waals surface area contributed by atoms with Gasteiger partial charge in [-0.25, -0.2) is 9.36 Å². The Morgan fingerprint density at radius 3 is 2.68 bits per heavy atom. The van der Waals surface area contributed by atoms with E-state index in [1.54, 1.807) is 26.1 Å². The summed E-state index contributed by atoms with van der Waals surface area (Å²) in [6.45, 7) is 3.33. The summed E-state index contributed by atoms with van der Waals surface area (Å²) in [5.74, 6) is 0. The fourth-order valence-corrected chi connectivity index (χ4v) is 3.03. The Labute approximate surface area is 127 Å². The molecule has 7 nitrogen and oxygen atoms in total. The Hall–Kier alpha value is -1.96. The van der Waals surface area contributed by atoms with Gasteiger partial charge in [-0.1, -0.05) is 0 Å². The molecule has 3 heterocycles. The smallest absolute Gasteiger partial charge is 0.419 e. The van der Waals surface area contributed by atoms with Crippen LogP contribution in [0, 0.1) is 0 Å². The van der Waals surface area contributed by atoms with Crippen molar-refractivity contribution in [2.24, 2.45) is 0 Å².